The summed E-state index contributed by atoms with van der Waals surface area (Å²) in [6, 6.07) is 10.6. The Morgan fingerprint density at radius 3 is 2.10 bits per heavy atom. The highest BCUT2D eigenvalue weighted by atomic mass is 32.2. The van der Waals surface area contributed by atoms with Crippen LogP contribution >= 0.6 is 0 Å². The van der Waals surface area contributed by atoms with E-state index in [1.807, 2.05) is 13.8 Å². The fraction of sp³-hybridized carbons (Fsp3) is 0.350. The summed E-state index contributed by atoms with van der Waals surface area (Å²) in [6.45, 7) is 5.34. The number of carbonyl (C=O) groups is 1. The lowest BCUT2D eigenvalue weighted by molar-refractivity contribution is -0.127. The molecule has 158 valence electrons. The van der Waals surface area contributed by atoms with Gasteiger partial charge in [0, 0.05) is 12.1 Å². The first-order valence-corrected chi connectivity index (χ1v) is 10.5. The van der Waals surface area contributed by atoms with Gasteiger partial charge in [0.25, 0.3) is 15.9 Å². The van der Waals surface area contributed by atoms with Crippen LogP contribution in [-0.2, 0) is 14.8 Å². The van der Waals surface area contributed by atoms with E-state index in [0.29, 0.717) is 17.2 Å². The van der Waals surface area contributed by atoms with Crippen molar-refractivity contribution in [1.29, 1.82) is 0 Å². The summed E-state index contributed by atoms with van der Waals surface area (Å²) in [7, 11) is -0.899. The molecule has 0 heterocycles. The molecular formula is C20H26N2O6S. The molecule has 2 aromatic carbocycles. The molecule has 9 heteroatoms. The van der Waals surface area contributed by atoms with Gasteiger partial charge in [-0.05, 0) is 57.2 Å². The van der Waals surface area contributed by atoms with Crippen molar-refractivity contribution in [2.24, 2.45) is 0 Å². The maximum atomic E-state index is 12.7. The minimum Gasteiger partial charge on any atom is -0.497 e. The summed E-state index contributed by atoms with van der Waals surface area (Å²) in [4.78, 5) is 12.0. The Bertz CT molecular complexity index is 942. The zero-order valence-electron chi connectivity index (χ0n) is 17.1. The number of methoxy groups -OCH3 is 2. The number of nitrogens with one attached hydrogen (secondary N) is 2. The van der Waals surface area contributed by atoms with Crippen molar-refractivity contribution in [3.05, 3.63) is 42.5 Å². The van der Waals surface area contributed by atoms with Crippen LogP contribution < -0.4 is 24.2 Å². The van der Waals surface area contributed by atoms with E-state index in [9.17, 15) is 13.2 Å². The van der Waals surface area contributed by atoms with E-state index in [0.717, 1.165) is 0 Å². The van der Waals surface area contributed by atoms with Crippen molar-refractivity contribution in [2.45, 2.75) is 37.8 Å². The largest absolute Gasteiger partial charge is 0.497 e. The van der Waals surface area contributed by atoms with Crippen molar-refractivity contribution in [3.63, 3.8) is 0 Å². The number of ether oxygens (including phenoxy) is 3. The maximum absolute atomic E-state index is 12.7. The molecule has 0 aromatic heterocycles. The molecule has 0 aliphatic carbocycles. The molecule has 1 amide bonds. The Morgan fingerprint density at radius 1 is 0.931 bits per heavy atom. The van der Waals surface area contributed by atoms with Crippen LogP contribution in [-0.4, -0.2) is 40.7 Å². The Morgan fingerprint density at radius 2 is 1.55 bits per heavy atom. The smallest absolute Gasteiger partial charge is 0.262 e. The molecule has 0 aliphatic rings. The second-order valence-electron chi connectivity index (χ2n) is 6.57. The first-order chi connectivity index (χ1) is 13.7. The Labute approximate surface area is 171 Å². The molecule has 0 saturated heterocycles. The van der Waals surface area contributed by atoms with E-state index in [-0.39, 0.29) is 22.5 Å². The van der Waals surface area contributed by atoms with Crippen LogP contribution in [0.4, 0.5) is 5.69 Å². The highest BCUT2D eigenvalue weighted by Crippen LogP contribution is 2.31. The molecule has 2 N–H and O–H groups in total. The quantitative estimate of drug-likeness (QED) is 0.644. The van der Waals surface area contributed by atoms with E-state index >= 15 is 0 Å². The second kappa shape index (κ2) is 9.51. The third-order valence-corrected chi connectivity index (χ3v) is 5.28. The monoisotopic (exact) mass is 422 g/mol. The standard InChI is InChI=1S/C20H26N2O6S/c1-13(2)21-20(23)14(3)28-15-6-9-17(10-7-15)29(24,25)22-18-11-8-16(26-4)12-19(18)27-5/h6-14,22H,1-5H3,(H,21,23)/t14-/m1/s1. The van der Waals surface area contributed by atoms with Gasteiger partial charge in [0.1, 0.15) is 17.2 Å². The lowest BCUT2D eigenvalue weighted by Gasteiger charge is -2.17. The Hall–Kier alpha value is -2.94. The molecule has 0 aliphatic heterocycles. The summed E-state index contributed by atoms with van der Waals surface area (Å²) in [6.07, 6.45) is -0.707. The number of rotatable bonds is 9. The first kappa shape index (κ1) is 22.4. The van der Waals surface area contributed by atoms with Gasteiger partial charge in [0.15, 0.2) is 6.10 Å². The summed E-state index contributed by atoms with van der Waals surface area (Å²) in [5.41, 5.74) is 0.285. The number of sulfonamides is 1. The molecule has 0 saturated carbocycles. The van der Waals surface area contributed by atoms with Crippen LogP contribution in [0.3, 0.4) is 0 Å². The molecule has 1 atom stereocenters. The highest BCUT2D eigenvalue weighted by Gasteiger charge is 2.19. The molecule has 8 nitrogen and oxygen atoms in total. The fourth-order valence-electron chi connectivity index (χ4n) is 2.44. The average molecular weight is 423 g/mol. The van der Waals surface area contributed by atoms with Gasteiger partial charge in [-0.1, -0.05) is 0 Å². The number of anilines is 1. The molecule has 0 radical (unpaired) electrons. The van der Waals surface area contributed by atoms with E-state index in [4.69, 9.17) is 14.2 Å². The highest BCUT2D eigenvalue weighted by molar-refractivity contribution is 7.92. The van der Waals surface area contributed by atoms with Crippen molar-refractivity contribution < 1.29 is 27.4 Å². The molecule has 0 fully saturated rings. The van der Waals surface area contributed by atoms with Crippen LogP contribution in [0.1, 0.15) is 20.8 Å². The van der Waals surface area contributed by atoms with Crippen molar-refractivity contribution in [2.75, 3.05) is 18.9 Å². The third-order valence-electron chi connectivity index (χ3n) is 3.90. The van der Waals surface area contributed by atoms with E-state index in [1.54, 1.807) is 25.1 Å². The predicted molar refractivity (Wildman–Crippen MR) is 110 cm³/mol. The first-order valence-electron chi connectivity index (χ1n) is 8.98. The van der Waals surface area contributed by atoms with Crippen LogP contribution in [0.15, 0.2) is 47.4 Å². The molecule has 0 spiro atoms. The van der Waals surface area contributed by atoms with Crippen LogP contribution in [0.25, 0.3) is 0 Å². The number of carbonyl (C=O) groups excluding carboxylic acids is 1. The van der Waals surface area contributed by atoms with Crippen molar-refractivity contribution in [3.8, 4) is 17.2 Å². The van der Waals surface area contributed by atoms with Gasteiger partial charge in [-0.3, -0.25) is 9.52 Å². The van der Waals surface area contributed by atoms with Gasteiger partial charge in [0.05, 0.1) is 24.8 Å². The Kier molecular flexibility index (Phi) is 7.33. The number of hydrogen-bond acceptors (Lipinski definition) is 6. The fourth-order valence-corrected chi connectivity index (χ4v) is 3.51. The molecule has 29 heavy (non-hydrogen) atoms. The van der Waals surface area contributed by atoms with Gasteiger partial charge < -0.3 is 19.5 Å². The van der Waals surface area contributed by atoms with Crippen LogP contribution in [0.2, 0.25) is 0 Å². The van der Waals surface area contributed by atoms with Crippen molar-refractivity contribution in [1.82, 2.24) is 5.32 Å². The number of benzene rings is 2. The zero-order chi connectivity index (χ0) is 21.6. The van der Waals surface area contributed by atoms with E-state index in [2.05, 4.69) is 10.0 Å². The van der Waals surface area contributed by atoms with Crippen LogP contribution in [0.5, 0.6) is 17.2 Å². The van der Waals surface area contributed by atoms with E-state index < -0.39 is 16.1 Å². The normalized spacial score (nSPS) is 12.2. The summed E-state index contributed by atoms with van der Waals surface area (Å²) < 4.78 is 43.8. The molecule has 0 bridgehead atoms. The molecule has 0 unspecified atom stereocenters. The lowest BCUT2D eigenvalue weighted by Crippen LogP contribution is -2.40. The summed E-state index contributed by atoms with van der Waals surface area (Å²) in [5, 5.41) is 2.75. The van der Waals surface area contributed by atoms with Crippen molar-refractivity contribution >= 4 is 21.6 Å². The van der Waals surface area contributed by atoms with Crippen LogP contribution in [0, 0.1) is 0 Å². The molecular weight excluding hydrogens is 396 g/mol. The molecule has 2 aromatic rings. The third kappa shape index (κ3) is 6.02. The second-order valence-corrected chi connectivity index (χ2v) is 8.25. The maximum Gasteiger partial charge on any atom is 0.262 e. The lowest BCUT2D eigenvalue weighted by atomic mass is 10.3. The Balaban J connectivity index is 2.13. The summed E-state index contributed by atoms with van der Waals surface area (Å²) >= 11 is 0. The zero-order valence-corrected chi connectivity index (χ0v) is 17.9. The topological polar surface area (TPSA) is 103 Å². The predicted octanol–water partition coefficient (Wildman–Crippen LogP) is 2.80. The average Bonchev–Trinajstić information content (AvgIpc) is 2.67. The van der Waals surface area contributed by atoms with Gasteiger partial charge in [-0.15, -0.1) is 0 Å². The molecule has 2 rings (SSSR count). The van der Waals surface area contributed by atoms with E-state index in [1.165, 1.54) is 38.5 Å². The van der Waals surface area contributed by atoms with Gasteiger partial charge in [-0.2, -0.15) is 0 Å². The SMILES string of the molecule is COc1ccc(NS(=O)(=O)c2ccc(O[C@H](C)C(=O)NC(C)C)cc2)c(OC)c1. The van der Waals surface area contributed by atoms with Gasteiger partial charge in [-0.25, -0.2) is 8.42 Å². The minimum atomic E-state index is -3.85. The van der Waals surface area contributed by atoms with Gasteiger partial charge >= 0.3 is 0 Å². The number of amides is 1. The van der Waals surface area contributed by atoms with Gasteiger partial charge in [0.2, 0.25) is 0 Å². The summed E-state index contributed by atoms with van der Waals surface area (Å²) in [5.74, 6) is 1.02. The minimum absolute atomic E-state index is 0.00193. The number of hydrogen-bond donors (Lipinski definition) is 2.